The van der Waals surface area contributed by atoms with E-state index in [1.807, 2.05) is 0 Å². The maximum Gasteiger partial charge on any atom is 0.346 e. The Kier molecular flexibility index (Phi) is 6.09. The SMILES string of the molecule is CC(C)CCOC(C)C(=O)N1CCn2c(nn(CC(F)F)c2=O)C1. The molecule has 1 amide bonds. The summed E-state index contributed by atoms with van der Waals surface area (Å²) in [5.74, 6) is 0.644. The highest BCUT2D eigenvalue weighted by Gasteiger charge is 2.28. The Morgan fingerprint density at radius 1 is 1.29 bits per heavy atom. The number of carbonyl (C=O) groups excluding carboxylic acids is 1. The van der Waals surface area contributed by atoms with Crippen molar-refractivity contribution in [1.82, 2.24) is 19.2 Å². The van der Waals surface area contributed by atoms with E-state index < -0.39 is 24.8 Å². The summed E-state index contributed by atoms with van der Waals surface area (Å²) in [6.45, 7) is 6.34. The summed E-state index contributed by atoms with van der Waals surface area (Å²) in [4.78, 5) is 25.9. The van der Waals surface area contributed by atoms with Crippen molar-refractivity contribution >= 4 is 5.91 Å². The minimum absolute atomic E-state index is 0.127. The molecule has 1 aliphatic rings. The van der Waals surface area contributed by atoms with Crippen molar-refractivity contribution in [3.8, 4) is 0 Å². The first kappa shape index (κ1) is 18.6. The van der Waals surface area contributed by atoms with Gasteiger partial charge in [-0.1, -0.05) is 13.8 Å². The minimum Gasteiger partial charge on any atom is -0.369 e. The fourth-order valence-electron chi connectivity index (χ4n) is 2.54. The molecule has 0 N–H and O–H groups in total. The van der Waals surface area contributed by atoms with E-state index in [4.69, 9.17) is 4.74 Å². The predicted molar refractivity (Wildman–Crippen MR) is 82.8 cm³/mol. The van der Waals surface area contributed by atoms with Gasteiger partial charge in [-0.05, 0) is 19.3 Å². The molecule has 0 saturated heterocycles. The van der Waals surface area contributed by atoms with Gasteiger partial charge in [-0.25, -0.2) is 18.3 Å². The third kappa shape index (κ3) is 4.40. The van der Waals surface area contributed by atoms with Crippen molar-refractivity contribution in [3.63, 3.8) is 0 Å². The molecule has 0 saturated carbocycles. The topological polar surface area (TPSA) is 69.4 Å². The zero-order valence-corrected chi connectivity index (χ0v) is 14.2. The summed E-state index contributed by atoms with van der Waals surface area (Å²) >= 11 is 0. The van der Waals surface area contributed by atoms with E-state index in [-0.39, 0.29) is 19.0 Å². The molecule has 0 fully saturated rings. The Balaban J connectivity index is 1.99. The molecule has 1 aromatic heterocycles. The number of hydrogen-bond donors (Lipinski definition) is 0. The molecular formula is C15H24F2N4O3. The number of nitrogens with zero attached hydrogens (tertiary/aromatic N) is 4. The summed E-state index contributed by atoms with van der Waals surface area (Å²) in [6.07, 6.45) is -2.35. The van der Waals surface area contributed by atoms with Crippen molar-refractivity contribution in [3.05, 3.63) is 16.3 Å². The summed E-state index contributed by atoms with van der Waals surface area (Å²) < 4.78 is 32.6. The fourth-order valence-corrected chi connectivity index (χ4v) is 2.54. The zero-order chi connectivity index (χ0) is 17.9. The summed E-state index contributed by atoms with van der Waals surface area (Å²) in [6, 6.07) is 0. The van der Waals surface area contributed by atoms with Gasteiger partial charge in [0, 0.05) is 19.7 Å². The van der Waals surface area contributed by atoms with Crippen molar-refractivity contribution in [2.24, 2.45) is 5.92 Å². The number of ether oxygens (including phenoxy) is 1. The molecule has 0 radical (unpaired) electrons. The molecule has 24 heavy (non-hydrogen) atoms. The fraction of sp³-hybridized carbons (Fsp3) is 0.800. The maximum atomic E-state index is 12.5. The van der Waals surface area contributed by atoms with Gasteiger partial charge in [0.1, 0.15) is 12.6 Å². The van der Waals surface area contributed by atoms with Gasteiger partial charge in [-0.15, -0.1) is 0 Å². The lowest BCUT2D eigenvalue weighted by Crippen LogP contribution is -2.45. The number of fused-ring (bicyclic) bond motifs is 1. The molecule has 136 valence electrons. The van der Waals surface area contributed by atoms with E-state index in [2.05, 4.69) is 18.9 Å². The van der Waals surface area contributed by atoms with Crippen LogP contribution in [0.25, 0.3) is 0 Å². The van der Waals surface area contributed by atoms with Gasteiger partial charge < -0.3 is 9.64 Å². The van der Waals surface area contributed by atoms with E-state index in [1.54, 1.807) is 11.8 Å². The van der Waals surface area contributed by atoms with Crippen LogP contribution in [0, 0.1) is 5.92 Å². The van der Waals surface area contributed by atoms with Crippen LogP contribution in [-0.4, -0.2) is 50.8 Å². The Morgan fingerprint density at radius 3 is 2.62 bits per heavy atom. The lowest BCUT2D eigenvalue weighted by atomic mass is 10.1. The number of halogens is 2. The maximum absolute atomic E-state index is 12.5. The van der Waals surface area contributed by atoms with Gasteiger partial charge in [0.25, 0.3) is 12.3 Å². The van der Waals surface area contributed by atoms with Gasteiger partial charge in [-0.2, -0.15) is 5.10 Å². The first-order valence-electron chi connectivity index (χ1n) is 8.14. The molecule has 0 aromatic carbocycles. The summed E-state index contributed by atoms with van der Waals surface area (Å²) in [5.41, 5.74) is -0.557. The number of alkyl halides is 2. The molecule has 9 heteroatoms. The second-order valence-electron chi connectivity index (χ2n) is 6.38. The van der Waals surface area contributed by atoms with E-state index >= 15 is 0 Å². The first-order valence-corrected chi connectivity index (χ1v) is 8.14. The van der Waals surface area contributed by atoms with Crippen molar-refractivity contribution in [2.45, 2.75) is 59.4 Å². The van der Waals surface area contributed by atoms with Crippen molar-refractivity contribution in [1.29, 1.82) is 0 Å². The van der Waals surface area contributed by atoms with E-state index in [0.29, 0.717) is 24.9 Å². The van der Waals surface area contributed by atoms with Crippen LogP contribution >= 0.6 is 0 Å². The highest BCUT2D eigenvalue weighted by atomic mass is 19.3. The molecule has 0 aliphatic carbocycles. The first-order chi connectivity index (χ1) is 11.3. The number of carbonyl (C=O) groups is 1. The van der Waals surface area contributed by atoms with Crippen LogP contribution in [0.5, 0.6) is 0 Å². The van der Waals surface area contributed by atoms with Gasteiger partial charge in [-0.3, -0.25) is 9.36 Å². The van der Waals surface area contributed by atoms with Crippen molar-refractivity contribution in [2.75, 3.05) is 13.2 Å². The van der Waals surface area contributed by atoms with Crippen LogP contribution < -0.4 is 5.69 Å². The molecule has 1 unspecified atom stereocenters. The smallest absolute Gasteiger partial charge is 0.346 e. The summed E-state index contributed by atoms with van der Waals surface area (Å²) in [7, 11) is 0. The normalized spacial score (nSPS) is 15.9. The second-order valence-corrected chi connectivity index (χ2v) is 6.38. The second kappa shape index (κ2) is 7.87. The standard InChI is InChI=1S/C15H24F2N4O3/c1-10(2)4-7-24-11(3)14(22)19-5-6-20-13(9-19)18-21(15(20)23)8-12(16)17/h10-12H,4-9H2,1-3H3. The molecular weight excluding hydrogens is 322 g/mol. The van der Waals surface area contributed by atoms with E-state index in [0.717, 1.165) is 11.1 Å². The molecule has 7 nitrogen and oxygen atoms in total. The average molecular weight is 346 g/mol. The highest BCUT2D eigenvalue weighted by molar-refractivity contribution is 5.80. The highest BCUT2D eigenvalue weighted by Crippen LogP contribution is 2.12. The van der Waals surface area contributed by atoms with Crippen LogP contribution in [0.4, 0.5) is 8.78 Å². The Labute approximate surface area is 139 Å². The lowest BCUT2D eigenvalue weighted by molar-refractivity contribution is -0.144. The number of hydrogen-bond acceptors (Lipinski definition) is 4. The lowest BCUT2D eigenvalue weighted by Gasteiger charge is -2.29. The molecule has 2 rings (SSSR count). The Bertz CT molecular complexity index is 627. The molecule has 0 spiro atoms. The van der Waals surface area contributed by atoms with Crippen molar-refractivity contribution < 1.29 is 18.3 Å². The van der Waals surface area contributed by atoms with E-state index in [9.17, 15) is 18.4 Å². The minimum atomic E-state index is -2.65. The van der Waals surface area contributed by atoms with Gasteiger partial charge >= 0.3 is 5.69 Å². The number of rotatable bonds is 7. The van der Waals surface area contributed by atoms with Gasteiger partial charge in [0.05, 0.1) is 6.54 Å². The third-order valence-corrected chi connectivity index (χ3v) is 3.96. The Morgan fingerprint density at radius 2 is 2.00 bits per heavy atom. The van der Waals surface area contributed by atoms with Crippen LogP contribution in [0.2, 0.25) is 0 Å². The third-order valence-electron chi connectivity index (χ3n) is 3.96. The van der Waals surface area contributed by atoms with Gasteiger partial charge in [0.15, 0.2) is 5.82 Å². The van der Waals surface area contributed by atoms with Gasteiger partial charge in [0.2, 0.25) is 0 Å². The van der Waals surface area contributed by atoms with Crippen LogP contribution in [0.15, 0.2) is 4.79 Å². The molecule has 1 aliphatic heterocycles. The predicted octanol–water partition coefficient (Wildman–Crippen LogP) is 1.10. The number of amides is 1. The quantitative estimate of drug-likeness (QED) is 0.741. The molecule has 0 bridgehead atoms. The van der Waals surface area contributed by atoms with Crippen LogP contribution in [0.3, 0.4) is 0 Å². The summed E-state index contributed by atoms with van der Waals surface area (Å²) in [5, 5.41) is 3.92. The zero-order valence-electron chi connectivity index (χ0n) is 14.2. The molecule has 1 aromatic rings. The van der Waals surface area contributed by atoms with Crippen LogP contribution in [0.1, 0.15) is 33.0 Å². The molecule has 1 atom stereocenters. The largest absolute Gasteiger partial charge is 0.369 e. The van der Waals surface area contributed by atoms with E-state index in [1.165, 1.54) is 4.57 Å². The number of aromatic nitrogens is 3. The molecule has 2 heterocycles. The average Bonchev–Trinajstić information content (AvgIpc) is 2.81. The van der Waals surface area contributed by atoms with Crippen LogP contribution in [-0.2, 0) is 29.2 Å². The monoisotopic (exact) mass is 346 g/mol. The Hall–Kier alpha value is -1.77.